The van der Waals surface area contributed by atoms with Crippen molar-refractivity contribution in [2.24, 2.45) is 5.73 Å². The summed E-state index contributed by atoms with van der Waals surface area (Å²) < 4.78 is 15.4. The van der Waals surface area contributed by atoms with Gasteiger partial charge in [-0.25, -0.2) is 9.37 Å². The molecule has 2 aromatic heterocycles. The Hall–Kier alpha value is -2.73. The van der Waals surface area contributed by atoms with Crippen molar-refractivity contribution in [3.8, 4) is 0 Å². The molecule has 1 fully saturated rings. The highest BCUT2D eigenvalue weighted by molar-refractivity contribution is 5.94. The van der Waals surface area contributed by atoms with Crippen LogP contribution in [0.15, 0.2) is 48.8 Å². The van der Waals surface area contributed by atoms with Crippen molar-refractivity contribution < 1.29 is 9.18 Å². The van der Waals surface area contributed by atoms with Crippen LogP contribution >= 0.6 is 0 Å². The van der Waals surface area contributed by atoms with Gasteiger partial charge < -0.3 is 15.0 Å². The highest BCUT2D eigenvalue weighted by Crippen LogP contribution is 2.30. The lowest BCUT2D eigenvalue weighted by atomic mass is 9.90. The van der Waals surface area contributed by atoms with Crippen LogP contribution in [0.3, 0.4) is 0 Å². The molecule has 0 radical (unpaired) electrons. The Balaban J connectivity index is 1.58. The first-order chi connectivity index (χ1) is 11.9. The zero-order valence-corrected chi connectivity index (χ0v) is 13.9. The third-order valence-corrected chi connectivity index (χ3v) is 4.81. The fourth-order valence-electron chi connectivity index (χ4n) is 3.47. The number of imidazole rings is 1. The summed E-state index contributed by atoms with van der Waals surface area (Å²) in [6.45, 7) is 2.83. The molecule has 4 rings (SSSR count). The molecule has 1 atom stereocenters. The third kappa shape index (κ3) is 2.78. The topological polar surface area (TPSA) is 63.6 Å². The van der Waals surface area contributed by atoms with Gasteiger partial charge in [0.25, 0.3) is 5.91 Å². The van der Waals surface area contributed by atoms with E-state index in [4.69, 9.17) is 5.73 Å². The van der Waals surface area contributed by atoms with Crippen LogP contribution in [0.1, 0.15) is 28.0 Å². The highest BCUT2D eigenvalue weighted by Gasteiger charge is 2.38. The van der Waals surface area contributed by atoms with Crippen molar-refractivity contribution in [2.45, 2.75) is 18.9 Å². The summed E-state index contributed by atoms with van der Waals surface area (Å²) in [5.74, 6) is -0.384. The van der Waals surface area contributed by atoms with Gasteiger partial charge in [0.15, 0.2) is 0 Å². The van der Waals surface area contributed by atoms with Crippen LogP contribution in [0, 0.1) is 12.7 Å². The van der Waals surface area contributed by atoms with E-state index in [1.54, 1.807) is 23.2 Å². The lowest BCUT2D eigenvalue weighted by Crippen LogP contribution is -2.41. The number of likely N-dealkylation sites (tertiary alicyclic amines) is 1. The summed E-state index contributed by atoms with van der Waals surface area (Å²) in [5, 5.41) is 0. The summed E-state index contributed by atoms with van der Waals surface area (Å²) in [5.41, 5.74) is 8.78. The average molecular weight is 338 g/mol. The fourth-order valence-corrected chi connectivity index (χ4v) is 3.47. The molecule has 1 aliphatic rings. The molecule has 25 heavy (non-hydrogen) atoms. The van der Waals surface area contributed by atoms with E-state index in [0.29, 0.717) is 25.1 Å². The maximum Gasteiger partial charge on any atom is 0.255 e. The number of fused-ring (bicyclic) bond motifs is 1. The number of halogens is 1. The van der Waals surface area contributed by atoms with E-state index in [1.165, 1.54) is 12.1 Å². The number of carbonyl (C=O) groups is 1. The monoisotopic (exact) mass is 338 g/mol. The Bertz CT molecular complexity index is 967. The molecule has 5 nitrogen and oxygen atoms in total. The number of hydrogen-bond donors (Lipinski definition) is 1. The van der Waals surface area contributed by atoms with Crippen LogP contribution in [-0.4, -0.2) is 33.3 Å². The molecule has 1 aromatic carbocycles. The molecule has 2 N–H and O–H groups in total. The van der Waals surface area contributed by atoms with Crippen LogP contribution in [0.5, 0.6) is 0 Å². The van der Waals surface area contributed by atoms with Gasteiger partial charge in [-0.1, -0.05) is 12.1 Å². The Morgan fingerprint density at radius 1 is 1.28 bits per heavy atom. The van der Waals surface area contributed by atoms with Gasteiger partial charge in [-0.05, 0) is 43.2 Å². The summed E-state index contributed by atoms with van der Waals surface area (Å²) in [6, 6.07) is 9.93. The zero-order valence-electron chi connectivity index (χ0n) is 13.9. The van der Waals surface area contributed by atoms with Crippen molar-refractivity contribution in [1.82, 2.24) is 14.3 Å². The van der Waals surface area contributed by atoms with Crippen molar-refractivity contribution in [3.05, 3.63) is 71.4 Å². The molecule has 3 heterocycles. The maximum absolute atomic E-state index is 13.5. The zero-order chi connectivity index (χ0) is 17.6. The van der Waals surface area contributed by atoms with Gasteiger partial charge in [0.1, 0.15) is 11.5 Å². The Morgan fingerprint density at radius 2 is 2.12 bits per heavy atom. The second kappa shape index (κ2) is 5.67. The number of hydrogen-bond acceptors (Lipinski definition) is 3. The van der Waals surface area contributed by atoms with Gasteiger partial charge in [-0.2, -0.15) is 0 Å². The summed E-state index contributed by atoms with van der Waals surface area (Å²) >= 11 is 0. The van der Waals surface area contributed by atoms with Gasteiger partial charge in [0.2, 0.25) is 0 Å². The molecule has 1 saturated heterocycles. The van der Waals surface area contributed by atoms with E-state index < -0.39 is 5.54 Å². The number of amides is 1. The van der Waals surface area contributed by atoms with Crippen molar-refractivity contribution in [2.75, 3.05) is 13.1 Å². The molecule has 1 amide bonds. The minimum absolute atomic E-state index is 0.0722. The summed E-state index contributed by atoms with van der Waals surface area (Å²) in [6.07, 6.45) is 4.28. The molecule has 3 aromatic rings. The van der Waals surface area contributed by atoms with Gasteiger partial charge in [0.05, 0.1) is 16.8 Å². The average Bonchev–Trinajstić information content (AvgIpc) is 3.16. The number of benzene rings is 1. The van der Waals surface area contributed by atoms with E-state index >= 15 is 0 Å². The Morgan fingerprint density at radius 3 is 2.92 bits per heavy atom. The smallest absolute Gasteiger partial charge is 0.255 e. The standard InChI is InChI=1S/C19H19FN4O/c1-13-10-24-11-14(5-6-17(24)22-13)18(25)23-8-7-19(21,12-23)15-3-2-4-16(20)9-15/h2-6,9-11H,7-8,12,21H2,1H3. The third-order valence-electron chi connectivity index (χ3n) is 4.81. The molecule has 0 aliphatic carbocycles. The second-order valence-electron chi connectivity index (χ2n) is 6.71. The van der Waals surface area contributed by atoms with Crippen LogP contribution in [0.2, 0.25) is 0 Å². The lowest BCUT2D eigenvalue weighted by Gasteiger charge is -2.25. The number of rotatable bonds is 2. The van der Waals surface area contributed by atoms with E-state index in [2.05, 4.69) is 4.98 Å². The van der Waals surface area contributed by atoms with Crippen LogP contribution in [0.4, 0.5) is 4.39 Å². The molecule has 0 saturated carbocycles. The molecule has 1 aliphatic heterocycles. The largest absolute Gasteiger partial charge is 0.336 e. The quantitative estimate of drug-likeness (QED) is 0.781. The molecule has 1 unspecified atom stereocenters. The predicted molar refractivity (Wildman–Crippen MR) is 92.7 cm³/mol. The minimum atomic E-state index is -0.715. The molecule has 0 spiro atoms. The first-order valence-electron chi connectivity index (χ1n) is 8.24. The molecule has 128 valence electrons. The van der Waals surface area contributed by atoms with Gasteiger partial charge >= 0.3 is 0 Å². The number of carbonyl (C=O) groups excluding carboxylic acids is 1. The van der Waals surface area contributed by atoms with Crippen molar-refractivity contribution in [1.29, 1.82) is 0 Å². The van der Waals surface area contributed by atoms with Crippen molar-refractivity contribution >= 4 is 11.6 Å². The first kappa shape index (κ1) is 15.8. The predicted octanol–water partition coefficient (Wildman–Crippen LogP) is 2.48. The molecule has 0 bridgehead atoms. The number of pyridine rings is 1. The van der Waals surface area contributed by atoms with Gasteiger partial charge in [-0.3, -0.25) is 4.79 Å². The maximum atomic E-state index is 13.5. The van der Waals surface area contributed by atoms with Crippen LogP contribution < -0.4 is 5.73 Å². The Labute approximate surface area is 144 Å². The van der Waals surface area contributed by atoms with Gasteiger partial charge in [0, 0.05) is 25.5 Å². The summed E-state index contributed by atoms with van der Waals surface area (Å²) in [7, 11) is 0. The fraction of sp³-hybridized carbons (Fsp3) is 0.263. The normalized spacial score (nSPS) is 20.4. The van der Waals surface area contributed by atoms with Crippen LogP contribution in [-0.2, 0) is 5.54 Å². The number of nitrogens with zero attached hydrogens (tertiary/aromatic N) is 3. The summed E-state index contributed by atoms with van der Waals surface area (Å²) in [4.78, 5) is 18.9. The van der Waals surface area contributed by atoms with Gasteiger partial charge in [-0.15, -0.1) is 0 Å². The van der Waals surface area contributed by atoms with E-state index in [1.807, 2.05) is 29.7 Å². The van der Waals surface area contributed by atoms with E-state index in [0.717, 1.165) is 16.9 Å². The van der Waals surface area contributed by atoms with Crippen LogP contribution in [0.25, 0.3) is 5.65 Å². The second-order valence-corrected chi connectivity index (χ2v) is 6.71. The number of aryl methyl sites for hydroxylation is 1. The Kier molecular flexibility index (Phi) is 3.58. The SMILES string of the molecule is Cc1cn2cc(C(=O)N3CCC(N)(c4cccc(F)c4)C3)ccc2n1. The van der Waals surface area contributed by atoms with E-state index in [-0.39, 0.29) is 11.7 Å². The molecular weight excluding hydrogens is 319 g/mol. The van der Waals surface area contributed by atoms with Crippen molar-refractivity contribution in [3.63, 3.8) is 0 Å². The highest BCUT2D eigenvalue weighted by atomic mass is 19.1. The molecule has 6 heteroatoms. The molecular formula is C19H19FN4O. The number of nitrogens with two attached hydrogens (primary N) is 1. The first-order valence-corrected chi connectivity index (χ1v) is 8.24. The number of aromatic nitrogens is 2. The lowest BCUT2D eigenvalue weighted by molar-refractivity contribution is 0.0783. The van der Waals surface area contributed by atoms with E-state index in [9.17, 15) is 9.18 Å². The minimum Gasteiger partial charge on any atom is -0.336 e.